The zero-order chi connectivity index (χ0) is 15.1. The zero-order valence-corrected chi connectivity index (χ0v) is 12.9. The quantitative estimate of drug-likeness (QED) is 0.407. The summed E-state index contributed by atoms with van der Waals surface area (Å²) in [5, 5.41) is 2.94. The molecular weight excluding hydrogens is 252 g/mol. The Morgan fingerprint density at radius 1 is 1.30 bits per heavy atom. The average Bonchev–Trinajstić information content (AvgIpc) is 2.42. The summed E-state index contributed by atoms with van der Waals surface area (Å²) < 4.78 is 0. The Hall–Kier alpha value is -1.62. The predicted octanol–water partition coefficient (Wildman–Crippen LogP) is 2.66. The first kappa shape index (κ1) is 16.4. The van der Waals surface area contributed by atoms with Crippen molar-refractivity contribution in [2.45, 2.75) is 46.5 Å². The van der Waals surface area contributed by atoms with E-state index in [9.17, 15) is 4.79 Å². The Bertz CT molecular complexity index is 443. The highest BCUT2D eigenvalue weighted by Crippen LogP contribution is 2.17. The zero-order valence-electron chi connectivity index (χ0n) is 12.9. The van der Waals surface area contributed by atoms with E-state index < -0.39 is 0 Å². The predicted molar refractivity (Wildman–Crippen MR) is 82.5 cm³/mol. The van der Waals surface area contributed by atoms with E-state index in [2.05, 4.69) is 29.6 Å². The van der Waals surface area contributed by atoms with Gasteiger partial charge in [0.15, 0.2) is 0 Å². The van der Waals surface area contributed by atoms with Gasteiger partial charge in [0.05, 0.1) is 0 Å². The van der Waals surface area contributed by atoms with Crippen LogP contribution < -0.4 is 16.6 Å². The number of nitrogens with zero attached hydrogens (tertiary/aromatic N) is 1. The van der Waals surface area contributed by atoms with Gasteiger partial charge in [0.1, 0.15) is 5.82 Å². The summed E-state index contributed by atoms with van der Waals surface area (Å²) in [5.41, 5.74) is 3.96. The SMILES string of the molecule is CC(C)CCCNC(=O)c1cc(NN)nc(C(C)C)c1. The number of aromatic nitrogens is 1. The minimum atomic E-state index is -0.0745. The first-order valence-electron chi connectivity index (χ1n) is 7.20. The van der Waals surface area contributed by atoms with Crippen molar-refractivity contribution in [1.82, 2.24) is 10.3 Å². The monoisotopic (exact) mass is 278 g/mol. The molecule has 1 amide bonds. The number of carbonyl (C=O) groups excluding carboxylic acids is 1. The van der Waals surface area contributed by atoms with Gasteiger partial charge < -0.3 is 10.7 Å². The van der Waals surface area contributed by atoms with Crippen LogP contribution >= 0.6 is 0 Å². The number of hydrogen-bond donors (Lipinski definition) is 3. The van der Waals surface area contributed by atoms with Gasteiger partial charge in [-0.1, -0.05) is 27.7 Å². The lowest BCUT2D eigenvalue weighted by Gasteiger charge is -2.11. The van der Waals surface area contributed by atoms with Crippen LogP contribution in [0.15, 0.2) is 12.1 Å². The number of carbonyl (C=O) groups is 1. The number of anilines is 1. The molecule has 0 unspecified atom stereocenters. The van der Waals surface area contributed by atoms with Crippen molar-refractivity contribution in [2.24, 2.45) is 11.8 Å². The second-order valence-corrected chi connectivity index (χ2v) is 5.76. The third kappa shape index (κ3) is 5.17. The molecule has 0 bridgehead atoms. The molecule has 1 heterocycles. The Labute approximate surface area is 121 Å². The molecule has 1 aromatic rings. The molecule has 4 N–H and O–H groups in total. The van der Waals surface area contributed by atoms with Gasteiger partial charge in [-0.2, -0.15) is 0 Å². The van der Waals surface area contributed by atoms with E-state index in [1.165, 1.54) is 0 Å². The van der Waals surface area contributed by atoms with Crippen LogP contribution in [0.5, 0.6) is 0 Å². The van der Waals surface area contributed by atoms with Crippen LogP contribution in [0.1, 0.15) is 62.5 Å². The average molecular weight is 278 g/mol. The maximum Gasteiger partial charge on any atom is 0.251 e. The summed E-state index contributed by atoms with van der Waals surface area (Å²) in [4.78, 5) is 16.5. The standard InChI is InChI=1S/C15H26N4O/c1-10(2)6-5-7-17-15(20)12-8-13(11(3)4)18-14(9-12)19-16/h8-11H,5-7,16H2,1-4H3,(H,17,20)(H,18,19). The van der Waals surface area contributed by atoms with Crippen LogP contribution in [0.2, 0.25) is 0 Å². The van der Waals surface area contributed by atoms with Crippen molar-refractivity contribution < 1.29 is 4.79 Å². The van der Waals surface area contributed by atoms with E-state index in [1.807, 2.05) is 19.9 Å². The molecule has 0 spiro atoms. The van der Waals surface area contributed by atoms with E-state index in [4.69, 9.17) is 5.84 Å². The minimum absolute atomic E-state index is 0.0745. The lowest BCUT2D eigenvalue weighted by molar-refractivity contribution is 0.0952. The third-order valence-electron chi connectivity index (χ3n) is 3.09. The van der Waals surface area contributed by atoms with E-state index in [-0.39, 0.29) is 11.8 Å². The first-order chi connectivity index (χ1) is 9.43. The van der Waals surface area contributed by atoms with Gasteiger partial charge in [-0.25, -0.2) is 10.8 Å². The normalized spacial score (nSPS) is 10.9. The number of hydrazine groups is 1. The molecule has 0 aliphatic heterocycles. The van der Waals surface area contributed by atoms with Crippen molar-refractivity contribution in [3.8, 4) is 0 Å². The molecule has 0 aliphatic carbocycles. The molecule has 0 fully saturated rings. The number of pyridine rings is 1. The fourth-order valence-corrected chi connectivity index (χ4v) is 1.87. The molecule has 0 saturated carbocycles. The summed E-state index contributed by atoms with van der Waals surface area (Å²) in [7, 11) is 0. The smallest absolute Gasteiger partial charge is 0.251 e. The Morgan fingerprint density at radius 3 is 2.55 bits per heavy atom. The summed E-state index contributed by atoms with van der Waals surface area (Å²) in [6, 6.07) is 3.49. The fraction of sp³-hybridized carbons (Fsp3) is 0.600. The van der Waals surface area contributed by atoms with Gasteiger partial charge in [-0.3, -0.25) is 4.79 Å². The van der Waals surface area contributed by atoms with Gasteiger partial charge in [0.2, 0.25) is 0 Å². The molecule has 0 radical (unpaired) electrons. The van der Waals surface area contributed by atoms with E-state index in [1.54, 1.807) is 6.07 Å². The van der Waals surface area contributed by atoms with Crippen molar-refractivity contribution in [3.05, 3.63) is 23.4 Å². The molecule has 0 atom stereocenters. The molecule has 1 rings (SSSR count). The largest absolute Gasteiger partial charge is 0.352 e. The highest BCUT2D eigenvalue weighted by atomic mass is 16.1. The number of hydrogen-bond acceptors (Lipinski definition) is 4. The first-order valence-corrected chi connectivity index (χ1v) is 7.20. The van der Waals surface area contributed by atoms with E-state index >= 15 is 0 Å². The number of nitrogen functional groups attached to an aromatic ring is 1. The van der Waals surface area contributed by atoms with Crippen molar-refractivity contribution in [3.63, 3.8) is 0 Å². The van der Waals surface area contributed by atoms with Crippen LogP contribution in [-0.4, -0.2) is 17.4 Å². The highest BCUT2D eigenvalue weighted by Gasteiger charge is 2.11. The van der Waals surface area contributed by atoms with Crippen LogP contribution in [0.4, 0.5) is 5.82 Å². The fourth-order valence-electron chi connectivity index (χ4n) is 1.87. The summed E-state index contributed by atoms with van der Waals surface area (Å²) >= 11 is 0. The Kier molecular flexibility index (Phi) is 6.45. The Morgan fingerprint density at radius 2 is 2.00 bits per heavy atom. The van der Waals surface area contributed by atoms with Crippen LogP contribution in [0.25, 0.3) is 0 Å². The maximum atomic E-state index is 12.1. The Balaban J connectivity index is 2.69. The second kappa shape index (κ2) is 7.85. The summed E-state index contributed by atoms with van der Waals surface area (Å²) in [6.07, 6.45) is 2.11. The van der Waals surface area contributed by atoms with Gasteiger partial charge in [-0.15, -0.1) is 0 Å². The third-order valence-corrected chi connectivity index (χ3v) is 3.09. The number of nitrogens with one attached hydrogen (secondary N) is 2. The van der Waals surface area contributed by atoms with E-state index in [0.29, 0.717) is 23.8 Å². The minimum Gasteiger partial charge on any atom is -0.352 e. The van der Waals surface area contributed by atoms with Crippen molar-refractivity contribution >= 4 is 11.7 Å². The molecule has 0 aromatic carbocycles. The van der Waals surface area contributed by atoms with E-state index in [0.717, 1.165) is 18.5 Å². The summed E-state index contributed by atoms with van der Waals surface area (Å²) in [6.45, 7) is 9.12. The highest BCUT2D eigenvalue weighted by molar-refractivity contribution is 5.95. The van der Waals surface area contributed by atoms with Gasteiger partial charge >= 0.3 is 0 Å². The molecule has 0 aliphatic rings. The molecule has 1 aromatic heterocycles. The lowest BCUT2D eigenvalue weighted by Crippen LogP contribution is -2.25. The molecular formula is C15H26N4O. The number of nitrogens with two attached hydrogens (primary N) is 1. The van der Waals surface area contributed by atoms with Gasteiger partial charge in [0, 0.05) is 17.8 Å². The van der Waals surface area contributed by atoms with Crippen LogP contribution in [0.3, 0.4) is 0 Å². The topological polar surface area (TPSA) is 80.0 Å². The number of rotatable bonds is 7. The lowest BCUT2D eigenvalue weighted by atomic mass is 10.1. The van der Waals surface area contributed by atoms with Crippen LogP contribution in [0, 0.1) is 5.92 Å². The second-order valence-electron chi connectivity index (χ2n) is 5.76. The summed E-state index contributed by atoms with van der Waals surface area (Å²) in [5.74, 6) is 6.75. The maximum absolute atomic E-state index is 12.1. The molecule has 0 saturated heterocycles. The molecule has 20 heavy (non-hydrogen) atoms. The van der Waals surface area contributed by atoms with Crippen molar-refractivity contribution in [1.29, 1.82) is 0 Å². The molecule has 5 nitrogen and oxygen atoms in total. The van der Waals surface area contributed by atoms with Gasteiger partial charge in [-0.05, 0) is 36.8 Å². The molecule has 5 heteroatoms. The van der Waals surface area contributed by atoms with Gasteiger partial charge in [0.25, 0.3) is 5.91 Å². The van der Waals surface area contributed by atoms with Crippen LogP contribution in [-0.2, 0) is 0 Å². The van der Waals surface area contributed by atoms with Crippen molar-refractivity contribution in [2.75, 3.05) is 12.0 Å². The molecule has 112 valence electrons. The number of amides is 1.